The molecule has 0 spiro atoms. The predicted octanol–water partition coefficient (Wildman–Crippen LogP) is 4.40. The molecule has 1 amide bonds. The third-order valence-electron chi connectivity index (χ3n) is 5.61. The van der Waals surface area contributed by atoms with Gasteiger partial charge in [-0.15, -0.1) is 0 Å². The van der Waals surface area contributed by atoms with Crippen LogP contribution in [0.25, 0.3) is 0 Å². The molecule has 0 aliphatic heterocycles. The van der Waals surface area contributed by atoms with Crippen molar-refractivity contribution in [2.75, 3.05) is 20.5 Å². The van der Waals surface area contributed by atoms with Crippen molar-refractivity contribution in [3.05, 3.63) is 53.1 Å². The maximum atomic E-state index is 13.6. The number of carbonyl (C=O) groups is 2. The molecule has 0 saturated heterocycles. The molecule has 1 heterocycles. The lowest BCUT2D eigenvalue weighted by Gasteiger charge is -2.30. The number of pyridine rings is 1. The largest absolute Gasteiger partial charge is 0.493 e. The Morgan fingerprint density at radius 1 is 1.14 bits per heavy atom. The molecule has 0 bridgehead atoms. The number of esters is 1. The Balaban J connectivity index is 2.13. The van der Waals surface area contributed by atoms with Crippen LogP contribution in [-0.2, 0) is 14.3 Å². The predicted molar refractivity (Wildman–Crippen MR) is 129 cm³/mol. The zero-order valence-electron chi connectivity index (χ0n) is 21.4. The molecule has 9 heteroatoms. The first-order valence-electron chi connectivity index (χ1n) is 11.6. The molecular formula is C26H35FN2O6. The summed E-state index contributed by atoms with van der Waals surface area (Å²) in [5, 5.41) is 2.61. The molecular weight excluding hydrogens is 455 g/mol. The second-order valence-electron chi connectivity index (χ2n) is 8.55. The standard InChI is InChI=1S/C26H35FN2O6/c1-8-33-14-34-24-21(32-7)11-12-28-23(24)25(30)29-17(5)26(31)35-18(6)22(15(2)3)20-10-9-19(27)13-16(20)4/h9-13,15,17-18,22H,8,14H2,1-7H3,(H,29,30)/t17-,18-,22+/m0/s1. The fraction of sp³-hybridized carbons (Fsp3) is 0.500. The number of ether oxygens (including phenoxy) is 4. The highest BCUT2D eigenvalue weighted by Gasteiger charge is 2.30. The van der Waals surface area contributed by atoms with Crippen molar-refractivity contribution >= 4 is 11.9 Å². The van der Waals surface area contributed by atoms with Crippen LogP contribution < -0.4 is 14.8 Å². The monoisotopic (exact) mass is 490 g/mol. The number of aromatic nitrogens is 1. The molecule has 0 saturated carbocycles. The molecule has 1 aromatic heterocycles. The van der Waals surface area contributed by atoms with Gasteiger partial charge in [0.05, 0.1) is 7.11 Å². The van der Waals surface area contributed by atoms with E-state index < -0.39 is 24.0 Å². The van der Waals surface area contributed by atoms with Gasteiger partial charge in [0.1, 0.15) is 18.0 Å². The van der Waals surface area contributed by atoms with Crippen molar-refractivity contribution in [3.63, 3.8) is 0 Å². The molecule has 1 aromatic carbocycles. The third-order valence-corrected chi connectivity index (χ3v) is 5.61. The number of carbonyl (C=O) groups excluding carboxylic acids is 2. The molecule has 35 heavy (non-hydrogen) atoms. The van der Waals surface area contributed by atoms with E-state index >= 15 is 0 Å². The average molecular weight is 491 g/mol. The minimum absolute atomic E-state index is 0.0428. The van der Waals surface area contributed by atoms with E-state index in [1.807, 2.05) is 27.7 Å². The summed E-state index contributed by atoms with van der Waals surface area (Å²) in [4.78, 5) is 29.8. The van der Waals surface area contributed by atoms with Crippen LogP contribution in [0.1, 0.15) is 62.2 Å². The smallest absolute Gasteiger partial charge is 0.328 e. The SMILES string of the molecule is CCOCOc1c(OC)ccnc1C(=O)N[C@@H](C)C(=O)O[C@@H](C)[C@H](c1ccc(F)cc1C)C(C)C. The van der Waals surface area contributed by atoms with Crippen LogP contribution in [0.5, 0.6) is 11.5 Å². The van der Waals surface area contributed by atoms with Crippen LogP contribution in [0, 0.1) is 18.7 Å². The molecule has 2 aromatic rings. The Kier molecular flexibility index (Phi) is 10.4. The van der Waals surface area contributed by atoms with Gasteiger partial charge in [0, 0.05) is 24.8 Å². The fourth-order valence-electron chi connectivity index (χ4n) is 3.93. The Hall–Kier alpha value is -3.20. The van der Waals surface area contributed by atoms with E-state index in [9.17, 15) is 14.0 Å². The minimum Gasteiger partial charge on any atom is -0.493 e. The highest BCUT2D eigenvalue weighted by molar-refractivity contribution is 5.98. The van der Waals surface area contributed by atoms with Gasteiger partial charge in [0.2, 0.25) is 0 Å². The van der Waals surface area contributed by atoms with Crippen LogP contribution in [0.15, 0.2) is 30.5 Å². The van der Waals surface area contributed by atoms with E-state index in [1.54, 1.807) is 19.1 Å². The van der Waals surface area contributed by atoms with Crippen molar-refractivity contribution in [1.82, 2.24) is 10.3 Å². The Morgan fingerprint density at radius 3 is 2.46 bits per heavy atom. The Bertz CT molecular complexity index is 1010. The Morgan fingerprint density at radius 2 is 1.86 bits per heavy atom. The molecule has 2 rings (SSSR count). The number of benzene rings is 1. The fourth-order valence-corrected chi connectivity index (χ4v) is 3.93. The first-order valence-corrected chi connectivity index (χ1v) is 11.6. The van der Waals surface area contributed by atoms with E-state index in [1.165, 1.54) is 32.4 Å². The lowest BCUT2D eigenvalue weighted by molar-refractivity contribution is -0.151. The third kappa shape index (κ3) is 7.39. The van der Waals surface area contributed by atoms with Gasteiger partial charge in [-0.1, -0.05) is 19.9 Å². The lowest BCUT2D eigenvalue weighted by Crippen LogP contribution is -2.42. The quantitative estimate of drug-likeness (QED) is 0.268. The second kappa shape index (κ2) is 13.0. The topological polar surface area (TPSA) is 96.0 Å². The van der Waals surface area contributed by atoms with Gasteiger partial charge in [-0.3, -0.25) is 4.79 Å². The van der Waals surface area contributed by atoms with Crippen molar-refractivity contribution in [1.29, 1.82) is 0 Å². The molecule has 3 atom stereocenters. The number of rotatable bonds is 12. The van der Waals surface area contributed by atoms with E-state index in [0.29, 0.717) is 12.4 Å². The van der Waals surface area contributed by atoms with Gasteiger partial charge >= 0.3 is 5.97 Å². The van der Waals surface area contributed by atoms with Gasteiger partial charge < -0.3 is 24.3 Å². The molecule has 0 aliphatic carbocycles. The summed E-state index contributed by atoms with van der Waals surface area (Å²) >= 11 is 0. The number of aryl methyl sites for hydroxylation is 1. The van der Waals surface area contributed by atoms with Crippen molar-refractivity contribution in [3.8, 4) is 11.5 Å². The van der Waals surface area contributed by atoms with Crippen LogP contribution in [-0.4, -0.2) is 49.5 Å². The Labute approximate surface area is 206 Å². The van der Waals surface area contributed by atoms with Gasteiger partial charge in [0.25, 0.3) is 5.91 Å². The molecule has 8 nitrogen and oxygen atoms in total. The average Bonchev–Trinajstić information content (AvgIpc) is 2.80. The summed E-state index contributed by atoms with van der Waals surface area (Å²) in [6.07, 6.45) is 0.899. The van der Waals surface area contributed by atoms with Crippen molar-refractivity contribution in [2.45, 2.75) is 59.6 Å². The summed E-state index contributed by atoms with van der Waals surface area (Å²) in [5.41, 5.74) is 1.66. The van der Waals surface area contributed by atoms with Crippen LogP contribution in [0.2, 0.25) is 0 Å². The number of methoxy groups -OCH3 is 1. The number of nitrogens with one attached hydrogen (secondary N) is 1. The van der Waals surface area contributed by atoms with E-state index in [0.717, 1.165) is 11.1 Å². The second-order valence-corrected chi connectivity index (χ2v) is 8.55. The lowest BCUT2D eigenvalue weighted by atomic mass is 9.82. The summed E-state index contributed by atoms with van der Waals surface area (Å²) in [6.45, 7) is 11.3. The first-order chi connectivity index (χ1) is 16.6. The summed E-state index contributed by atoms with van der Waals surface area (Å²) in [7, 11) is 1.44. The molecule has 0 aliphatic rings. The normalized spacial score (nSPS) is 13.6. The van der Waals surface area contributed by atoms with Crippen LogP contribution >= 0.6 is 0 Å². The highest BCUT2D eigenvalue weighted by Crippen LogP contribution is 2.33. The van der Waals surface area contributed by atoms with Crippen LogP contribution in [0.3, 0.4) is 0 Å². The maximum Gasteiger partial charge on any atom is 0.328 e. The number of hydrogen-bond acceptors (Lipinski definition) is 7. The van der Waals surface area contributed by atoms with Gasteiger partial charge in [-0.05, 0) is 56.9 Å². The summed E-state index contributed by atoms with van der Waals surface area (Å²) < 4.78 is 35.3. The molecule has 192 valence electrons. The summed E-state index contributed by atoms with van der Waals surface area (Å²) in [5.74, 6) is -1.15. The zero-order chi connectivity index (χ0) is 26.1. The van der Waals surface area contributed by atoms with E-state index in [2.05, 4.69) is 10.3 Å². The zero-order valence-corrected chi connectivity index (χ0v) is 21.4. The molecule has 1 N–H and O–H groups in total. The number of amides is 1. The number of nitrogens with zero attached hydrogens (tertiary/aromatic N) is 1. The molecule has 0 radical (unpaired) electrons. The van der Waals surface area contributed by atoms with Gasteiger partial charge in [-0.2, -0.15) is 0 Å². The van der Waals surface area contributed by atoms with Crippen molar-refractivity contribution in [2.24, 2.45) is 5.92 Å². The van der Waals surface area contributed by atoms with Gasteiger partial charge in [0.15, 0.2) is 24.0 Å². The highest BCUT2D eigenvalue weighted by atomic mass is 19.1. The number of hydrogen-bond donors (Lipinski definition) is 1. The summed E-state index contributed by atoms with van der Waals surface area (Å²) in [6, 6.07) is 5.19. The minimum atomic E-state index is -0.959. The van der Waals surface area contributed by atoms with Crippen LogP contribution in [0.4, 0.5) is 4.39 Å². The van der Waals surface area contributed by atoms with E-state index in [4.69, 9.17) is 18.9 Å². The maximum absolute atomic E-state index is 13.6. The molecule has 0 unspecified atom stereocenters. The first kappa shape index (κ1) is 28.0. The number of halogens is 1. The molecule has 0 fully saturated rings. The van der Waals surface area contributed by atoms with Crippen molar-refractivity contribution < 1.29 is 32.9 Å². The van der Waals surface area contributed by atoms with Gasteiger partial charge in [-0.25, -0.2) is 14.2 Å². The van der Waals surface area contributed by atoms with E-state index in [-0.39, 0.29) is 35.9 Å².